The van der Waals surface area contributed by atoms with Gasteiger partial charge in [0, 0.05) is 31.5 Å². The minimum Gasteiger partial charge on any atom is -0.381 e. The Morgan fingerprint density at radius 1 is 1.23 bits per heavy atom. The lowest BCUT2D eigenvalue weighted by molar-refractivity contribution is 0.117. The molecule has 3 atom stereocenters. The van der Waals surface area contributed by atoms with Crippen molar-refractivity contribution >= 4 is 0 Å². The van der Waals surface area contributed by atoms with Gasteiger partial charge in [-0.3, -0.25) is 9.58 Å². The summed E-state index contributed by atoms with van der Waals surface area (Å²) < 4.78 is 2.03. The maximum atomic E-state index is 11.4. The third-order valence-corrected chi connectivity index (χ3v) is 7.54. The van der Waals surface area contributed by atoms with Gasteiger partial charge in [-0.1, -0.05) is 55.9 Å². The van der Waals surface area contributed by atoms with Crippen LogP contribution in [0.15, 0.2) is 66.1 Å². The molecule has 0 aromatic carbocycles. The first-order valence-corrected chi connectivity index (χ1v) is 12.3. The molecular formula is C27H39N3O. The van der Waals surface area contributed by atoms with Crippen molar-refractivity contribution in [2.45, 2.75) is 82.9 Å². The maximum Gasteiger partial charge on any atom is 0.107 e. The number of hydrogen-bond donors (Lipinski definition) is 1. The Morgan fingerprint density at radius 3 is 2.68 bits per heavy atom. The lowest BCUT2D eigenvalue weighted by atomic mass is 9.83. The molecule has 1 N–H and O–H groups in total. The van der Waals surface area contributed by atoms with Crippen LogP contribution in [-0.4, -0.2) is 44.5 Å². The van der Waals surface area contributed by atoms with Crippen LogP contribution in [0.25, 0.3) is 0 Å². The first kappa shape index (κ1) is 22.3. The first-order chi connectivity index (χ1) is 15.1. The van der Waals surface area contributed by atoms with Crippen LogP contribution >= 0.6 is 0 Å². The fourth-order valence-electron chi connectivity index (χ4n) is 5.52. The Balaban J connectivity index is 1.32. The van der Waals surface area contributed by atoms with E-state index in [4.69, 9.17) is 0 Å². The zero-order valence-electron chi connectivity index (χ0n) is 19.3. The van der Waals surface area contributed by atoms with Crippen molar-refractivity contribution in [2.24, 2.45) is 5.92 Å². The molecule has 3 aliphatic rings. The lowest BCUT2D eigenvalue weighted by Crippen LogP contribution is -2.39. The van der Waals surface area contributed by atoms with Gasteiger partial charge in [-0.05, 0) is 68.9 Å². The zero-order chi connectivity index (χ0) is 21.7. The number of piperidine rings is 1. The molecule has 2 heterocycles. The molecule has 0 spiro atoms. The summed E-state index contributed by atoms with van der Waals surface area (Å²) >= 11 is 0. The molecule has 4 rings (SSSR count). The van der Waals surface area contributed by atoms with Crippen molar-refractivity contribution < 1.29 is 5.11 Å². The molecule has 168 valence electrons. The van der Waals surface area contributed by atoms with E-state index in [1.54, 1.807) is 5.57 Å². The average Bonchev–Trinajstić information content (AvgIpc) is 3.26. The van der Waals surface area contributed by atoms with Gasteiger partial charge in [0.15, 0.2) is 0 Å². The number of aliphatic hydroxyl groups is 1. The highest BCUT2D eigenvalue weighted by molar-refractivity contribution is 5.38. The van der Waals surface area contributed by atoms with Gasteiger partial charge in [0.1, 0.15) is 5.60 Å². The summed E-state index contributed by atoms with van der Waals surface area (Å²) in [5.41, 5.74) is 1.82. The SMILES string of the molecule is CCC(CC)N1CCC(=CC2C=CC(C3(O)C=CCC(n4cccn4)CC3)=CC2)CC1. The van der Waals surface area contributed by atoms with Crippen molar-refractivity contribution in [1.29, 1.82) is 0 Å². The summed E-state index contributed by atoms with van der Waals surface area (Å²) in [4.78, 5) is 2.68. The van der Waals surface area contributed by atoms with Gasteiger partial charge in [0.25, 0.3) is 0 Å². The third kappa shape index (κ3) is 5.30. The summed E-state index contributed by atoms with van der Waals surface area (Å²) in [5.74, 6) is 0.466. The summed E-state index contributed by atoms with van der Waals surface area (Å²) in [6.07, 6.45) is 25.7. The normalized spacial score (nSPS) is 29.8. The topological polar surface area (TPSA) is 41.3 Å². The van der Waals surface area contributed by atoms with Gasteiger partial charge in [-0.2, -0.15) is 5.10 Å². The van der Waals surface area contributed by atoms with E-state index in [-0.39, 0.29) is 0 Å². The predicted molar refractivity (Wildman–Crippen MR) is 128 cm³/mol. The Bertz CT molecular complexity index is 821. The van der Waals surface area contributed by atoms with Crippen LogP contribution in [0.3, 0.4) is 0 Å². The molecule has 0 saturated carbocycles. The average molecular weight is 422 g/mol. The Hall–Kier alpha value is -1.91. The number of rotatable bonds is 6. The number of nitrogens with zero attached hydrogens (tertiary/aromatic N) is 3. The Kier molecular flexibility index (Phi) is 7.29. The lowest BCUT2D eigenvalue weighted by Gasteiger charge is -2.35. The van der Waals surface area contributed by atoms with E-state index in [1.807, 2.05) is 29.2 Å². The molecule has 3 unspecified atom stereocenters. The number of likely N-dealkylation sites (tertiary alicyclic amines) is 1. The first-order valence-electron chi connectivity index (χ1n) is 12.3. The molecule has 0 bridgehead atoms. The van der Waals surface area contributed by atoms with Crippen molar-refractivity contribution in [3.05, 3.63) is 66.1 Å². The van der Waals surface area contributed by atoms with E-state index in [9.17, 15) is 5.11 Å². The highest BCUT2D eigenvalue weighted by Crippen LogP contribution is 2.36. The number of allylic oxidation sites excluding steroid dienone is 4. The molecule has 2 aliphatic carbocycles. The van der Waals surface area contributed by atoms with Gasteiger partial charge in [0.05, 0.1) is 6.04 Å². The maximum absolute atomic E-state index is 11.4. The van der Waals surface area contributed by atoms with E-state index >= 15 is 0 Å². The quantitative estimate of drug-likeness (QED) is 0.607. The summed E-state index contributed by atoms with van der Waals surface area (Å²) in [6, 6.07) is 3.05. The second-order valence-electron chi connectivity index (χ2n) is 9.49. The van der Waals surface area contributed by atoms with Gasteiger partial charge in [-0.15, -0.1) is 0 Å². The van der Waals surface area contributed by atoms with Crippen molar-refractivity contribution in [3.8, 4) is 0 Å². The molecule has 1 fully saturated rings. The van der Waals surface area contributed by atoms with E-state index in [2.05, 4.69) is 54.2 Å². The minimum atomic E-state index is -0.850. The smallest absolute Gasteiger partial charge is 0.107 e. The molecule has 1 saturated heterocycles. The Labute approximate surface area is 188 Å². The van der Waals surface area contributed by atoms with E-state index in [0.717, 1.165) is 37.3 Å². The molecule has 1 aromatic rings. The third-order valence-electron chi connectivity index (χ3n) is 7.54. The van der Waals surface area contributed by atoms with Gasteiger partial charge in [0.2, 0.25) is 0 Å². The second-order valence-corrected chi connectivity index (χ2v) is 9.49. The summed E-state index contributed by atoms with van der Waals surface area (Å²) in [5, 5.41) is 15.8. The zero-order valence-corrected chi connectivity index (χ0v) is 19.3. The van der Waals surface area contributed by atoms with Crippen LogP contribution in [0.2, 0.25) is 0 Å². The standard InChI is InChI=1S/C27H39N3O/c1-3-25(4-2)29-19-13-23(14-20-29)21-22-8-10-24(11-9-22)27(31)15-5-7-26(12-16-27)30-18-6-17-28-30/h5-6,8,10-11,15,17-18,21-22,25-26,31H,3-4,7,9,12-14,16,19-20H2,1-2H3. The summed E-state index contributed by atoms with van der Waals surface area (Å²) in [7, 11) is 0. The Morgan fingerprint density at radius 2 is 2.03 bits per heavy atom. The molecule has 1 aliphatic heterocycles. The van der Waals surface area contributed by atoms with E-state index in [0.29, 0.717) is 12.0 Å². The number of aromatic nitrogens is 2. The van der Waals surface area contributed by atoms with Crippen LogP contribution in [0.5, 0.6) is 0 Å². The van der Waals surface area contributed by atoms with Crippen LogP contribution in [0.1, 0.15) is 71.3 Å². The van der Waals surface area contributed by atoms with Crippen LogP contribution in [0, 0.1) is 5.92 Å². The molecule has 4 nitrogen and oxygen atoms in total. The fourth-order valence-corrected chi connectivity index (χ4v) is 5.52. The van der Waals surface area contributed by atoms with Crippen LogP contribution in [0.4, 0.5) is 0 Å². The molecule has 0 amide bonds. The minimum absolute atomic E-state index is 0.330. The molecular weight excluding hydrogens is 382 g/mol. The molecule has 4 heteroatoms. The molecule has 0 radical (unpaired) electrons. The molecule has 31 heavy (non-hydrogen) atoms. The van der Waals surface area contributed by atoms with Gasteiger partial charge in [-0.25, -0.2) is 0 Å². The molecule has 1 aromatic heterocycles. The highest BCUT2D eigenvalue weighted by atomic mass is 16.3. The monoisotopic (exact) mass is 421 g/mol. The van der Waals surface area contributed by atoms with Crippen LogP contribution < -0.4 is 0 Å². The van der Waals surface area contributed by atoms with Crippen molar-refractivity contribution in [1.82, 2.24) is 14.7 Å². The number of hydrogen-bond acceptors (Lipinski definition) is 3. The summed E-state index contributed by atoms with van der Waals surface area (Å²) in [6.45, 7) is 7.03. The van der Waals surface area contributed by atoms with E-state index < -0.39 is 5.60 Å². The van der Waals surface area contributed by atoms with Crippen LogP contribution in [-0.2, 0) is 0 Å². The highest BCUT2D eigenvalue weighted by Gasteiger charge is 2.31. The van der Waals surface area contributed by atoms with Crippen molar-refractivity contribution in [3.63, 3.8) is 0 Å². The van der Waals surface area contributed by atoms with Gasteiger partial charge >= 0.3 is 0 Å². The second kappa shape index (κ2) is 10.1. The fraction of sp³-hybridized carbons (Fsp3) is 0.593. The van der Waals surface area contributed by atoms with Gasteiger partial charge < -0.3 is 5.11 Å². The predicted octanol–water partition coefficient (Wildman–Crippen LogP) is 5.61. The van der Waals surface area contributed by atoms with Crippen molar-refractivity contribution in [2.75, 3.05) is 13.1 Å². The largest absolute Gasteiger partial charge is 0.381 e. The van der Waals surface area contributed by atoms with E-state index in [1.165, 1.54) is 38.8 Å².